The number of anilines is 1. The van der Waals surface area contributed by atoms with Crippen LogP contribution in [0, 0.1) is 13.8 Å². The molecule has 2 heterocycles. The molecule has 4 rings (SSSR count). The highest BCUT2D eigenvalue weighted by molar-refractivity contribution is 7.22. The van der Waals surface area contributed by atoms with Crippen molar-refractivity contribution < 1.29 is 4.79 Å². The smallest absolute Gasteiger partial charge is 0.260 e. The first-order chi connectivity index (χ1) is 14.0. The molecule has 8 heteroatoms. The number of imidazole rings is 1. The summed E-state index contributed by atoms with van der Waals surface area (Å²) < 4.78 is 3.13. The van der Waals surface area contributed by atoms with E-state index in [0.29, 0.717) is 17.1 Å². The van der Waals surface area contributed by atoms with Crippen LogP contribution in [0.4, 0.5) is 5.13 Å². The predicted molar refractivity (Wildman–Crippen MR) is 126 cm³/mol. The zero-order valence-corrected chi connectivity index (χ0v) is 19.1. The normalized spacial score (nSPS) is 10.8. The average molecular weight is 461 g/mol. The van der Waals surface area contributed by atoms with Gasteiger partial charge < -0.3 is 4.57 Å². The summed E-state index contributed by atoms with van der Waals surface area (Å²) in [5.74, 6) is -0.0688. The number of hydrogen-bond donors (Lipinski definition) is 0. The van der Waals surface area contributed by atoms with Gasteiger partial charge in [0.2, 0.25) is 0 Å². The van der Waals surface area contributed by atoms with E-state index in [1.54, 1.807) is 53.0 Å². The molecule has 2 aromatic heterocycles. The van der Waals surface area contributed by atoms with Crippen LogP contribution >= 0.6 is 35.3 Å². The van der Waals surface area contributed by atoms with Crippen LogP contribution in [0.25, 0.3) is 10.2 Å². The van der Waals surface area contributed by atoms with Gasteiger partial charge in [-0.05, 0) is 61.7 Å². The van der Waals surface area contributed by atoms with Gasteiger partial charge in [0.25, 0.3) is 5.91 Å². The standard InChI is InChI=1S/C22H21ClN4OS.ClH/c1-15-12-16(2)20-19(13-15)25-22(29-20)27(10-3-9-26-11-8-24-14-26)21(28)17-4-6-18(23)7-5-17;/h4-8,11-14H,3,9-10H2,1-2H3;1H. The quantitative estimate of drug-likeness (QED) is 0.358. The fraction of sp³-hybridized carbons (Fsp3) is 0.227. The Labute approximate surface area is 190 Å². The van der Waals surface area contributed by atoms with Crippen molar-refractivity contribution in [2.45, 2.75) is 26.8 Å². The van der Waals surface area contributed by atoms with Crippen LogP contribution in [0.3, 0.4) is 0 Å². The Morgan fingerprint density at radius 1 is 1.20 bits per heavy atom. The summed E-state index contributed by atoms with van der Waals surface area (Å²) in [6.45, 7) is 5.50. The van der Waals surface area contributed by atoms with E-state index in [4.69, 9.17) is 16.6 Å². The molecule has 5 nitrogen and oxygen atoms in total. The number of fused-ring (bicyclic) bond motifs is 1. The van der Waals surface area contributed by atoms with E-state index >= 15 is 0 Å². The van der Waals surface area contributed by atoms with Crippen LogP contribution < -0.4 is 4.90 Å². The maximum Gasteiger partial charge on any atom is 0.260 e. The summed E-state index contributed by atoms with van der Waals surface area (Å²) in [4.78, 5) is 24.0. The molecule has 0 spiro atoms. The van der Waals surface area contributed by atoms with Crippen molar-refractivity contribution in [2.24, 2.45) is 0 Å². The maximum absolute atomic E-state index is 13.3. The van der Waals surface area contributed by atoms with Gasteiger partial charge in [0.15, 0.2) is 5.13 Å². The third-order valence-electron chi connectivity index (χ3n) is 4.73. The lowest BCUT2D eigenvalue weighted by Crippen LogP contribution is -2.32. The van der Waals surface area contributed by atoms with E-state index in [1.165, 1.54) is 11.1 Å². The maximum atomic E-state index is 13.3. The molecular formula is C22H22Cl2N4OS. The van der Waals surface area contributed by atoms with Gasteiger partial charge in [-0.25, -0.2) is 9.97 Å². The number of amides is 1. The number of nitrogens with zero attached hydrogens (tertiary/aromatic N) is 4. The highest BCUT2D eigenvalue weighted by atomic mass is 35.5. The SMILES string of the molecule is Cc1cc(C)c2sc(N(CCCn3ccnc3)C(=O)c3ccc(Cl)cc3)nc2c1.Cl. The number of aryl methyl sites for hydroxylation is 3. The van der Waals surface area contributed by atoms with Crippen molar-refractivity contribution >= 4 is 56.6 Å². The van der Waals surface area contributed by atoms with E-state index in [1.807, 2.05) is 10.8 Å². The van der Waals surface area contributed by atoms with Crippen LogP contribution in [-0.2, 0) is 6.54 Å². The van der Waals surface area contributed by atoms with E-state index in [-0.39, 0.29) is 18.3 Å². The van der Waals surface area contributed by atoms with Gasteiger partial charge in [-0.1, -0.05) is 29.0 Å². The minimum Gasteiger partial charge on any atom is -0.337 e. The monoisotopic (exact) mass is 460 g/mol. The molecule has 2 aromatic carbocycles. The predicted octanol–water partition coefficient (Wildman–Crippen LogP) is 5.92. The number of hydrogen-bond acceptors (Lipinski definition) is 4. The van der Waals surface area contributed by atoms with Crippen LogP contribution in [0.5, 0.6) is 0 Å². The van der Waals surface area contributed by atoms with E-state index in [9.17, 15) is 4.79 Å². The Morgan fingerprint density at radius 3 is 2.67 bits per heavy atom. The Balaban J connectivity index is 0.00000256. The lowest BCUT2D eigenvalue weighted by atomic mass is 10.1. The largest absolute Gasteiger partial charge is 0.337 e. The molecule has 0 fully saturated rings. The molecule has 0 atom stereocenters. The first-order valence-corrected chi connectivity index (χ1v) is 10.6. The molecule has 0 bridgehead atoms. The number of carbonyl (C=O) groups is 1. The van der Waals surface area contributed by atoms with Crippen LogP contribution in [0.1, 0.15) is 27.9 Å². The zero-order chi connectivity index (χ0) is 20.4. The summed E-state index contributed by atoms with van der Waals surface area (Å²) >= 11 is 7.56. The summed E-state index contributed by atoms with van der Waals surface area (Å²) in [6.07, 6.45) is 6.27. The lowest BCUT2D eigenvalue weighted by Gasteiger charge is -2.20. The van der Waals surface area contributed by atoms with Gasteiger partial charge in [0.05, 0.1) is 16.5 Å². The molecule has 0 aliphatic heterocycles. The molecule has 156 valence electrons. The summed E-state index contributed by atoms with van der Waals surface area (Å²) in [6, 6.07) is 11.2. The first kappa shape index (κ1) is 22.3. The number of carbonyl (C=O) groups excluding carboxylic acids is 1. The van der Waals surface area contributed by atoms with E-state index in [0.717, 1.165) is 28.3 Å². The molecule has 0 unspecified atom stereocenters. The number of rotatable bonds is 6. The zero-order valence-electron chi connectivity index (χ0n) is 16.7. The van der Waals surface area contributed by atoms with Gasteiger partial charge in [0, 0.05) is 36.1 Å². The molecule has 0 saturated heterocycles. The highest BCUT2D eigenvalue weighted by Gasteiger charge is 2.21. The number of benzene rings is 2. The minimum absolute atomic E-state index is 0. The molecule has 4 aromatic rings. The number of halogens is 2. The van der Waals surface area contributed by atoms with Gasteiger partial charge in [-0.2, -0.15) is 0 Å². The molecule has 0 aliphatic rings. The Kier molecular flexibility index (Phi) is 7.13. The van der Waals surface area contributed by atoms with Gasteiger partial charge in [0.1, 0.15) is 0 Å². The van der Waals surface area contributed by atoms with Crippen molar-refractivity contribution in [3.05, 3.63) is 76.8 Å². The second-order valence-corrected chi connectivity index (χ2v) is 8.46. The molecule has 30 heavy (non-hydrogen) atoms. The van der Waals surface area contributed by atoms with Gasteiger partial charge >= 0.3 is 0 Å². The summed E-state index contributed by atoms with van der Waals surface area (Å²) in [5, 5.41) is 1.33. The van der Waals surface area contributed by atoms with Crippen molar-refractivity contribution in [1.82, 2.24) is 14.5 Å². The second kappa shape index (κ2) is 9.60. The second-order valence-electron chi connectivity index (χ2n) is 7.04. The molecular weight excluding hydrogens is 439 g/mol. The Morgan fingerprint density at radius 2 is 1.97 bits per heavy atom. The van der Waals surface area contributed by atoms with Crippen molar-refractivity contribution in [1.29, 1.82) is 0 Å². The van der Waals surface area contributed by atoms with Crippen LogP contribution in [-0.4, -0.2) is 27.0 Å². The number of aromatic nitrogens is 3. The Bertz CT molecular complexity index is 1140. The summed E-state index contributed by atoms with van der Waals surface area (Å²) in [7, 11) is 0. The lowest BCUT2D eigenvalue weighted by molar-refractivity contribution is 0.0986. The third-order valence-corrected chi connectivity index (χ3v) is 6.21. The summed E-state index contributed by atoms with van der Waals surface area (Å²) in [5.41, 5.74) is 3.89. The minimum atomic E-state index is -0.0688. The highest BCUT2D eigenvalue weighted by Crippen LogP contribution is 2.33. The average Bonchev–Trinajstić information content (AvgIpc) is 3.35. The third kappa shape index (κ3) is 4.83. The van der Waals surface area contributed by atoms with Crippen LogP contribution in [0.2, 0.25) is 5.02 Å². The first-order valence-electron chi connectivity index (χ1n) is 9.42. The van der Waals surface area contributed by atoms with Crippen molar-refractivity contribution in [3.8, 4) is 0 Å². The molecule has 1 amide bonds. The van der Waals surface area contributed by atoms with Crippen molar-refractivity contribution in [2.75, 3.05) is 11.4 Å². The van der Waals surface area contributed by atoms with Crippen LogP contribution in [0.15, 0.2) is 55.1 Å². The Hall–Kier alpha value is -2.41. The fourth-order valence-corrected chi connectivity index (χ4v) is 4.51. The van der Waals surface area contributed by atoms with Gasteiger partial charge in [-0.15, -0.1) is 12.4 Å². The van der Waals surface area contributed by atoms with E-state index < -0.39 is 0 Å². The topological polar surface area (TPSA) is 51.0 Å². The molecule has 0 saturated carbocycles. The molecule has 0 N–H and O–H groups in total. The fourth-order valence-electron chi connectivity index (χ4n) is 3.34. The van der Waals surface area contributed by atoms with E-state index in [2.05, 4.69) is 31.0 Å². The molecule has 0 radical (unpaired) electrons. The molecule has 0 aliphatic carbocycles. The van der Waals surface area contributed by atoms with Gasteiger partial charge in [-0.3, -0.25) is 9.69 Å². The number of thiazole rings is 1. The van der Waals surface area contributed by atoms with Crippen molar-refractivity contribution in [3.63, 3.8) is 0 Å².